The summed E-state index contributed by atoms with van der Waals surface area (Å²) < 4.78 is 26.1. The number of aliphatic hydroxyl groups is 1. The number of hydrogen-bond acceptors (Lipinski definition) is 4. The second-order valence-electron chi connectivity index (χ2n) is 4.52. The van der Waals surface area contributed by atoms with Crippen molar-refractivity contribution in [1.82, 2.24) is 4.31 Å². The fraction of sp³-hybridized carbons (Fsp3) is 0.417. The molecule has 1 aliphatic carbocycles. The van der Waals surface area contributed by atoms with Crippen LogP contribution in [0.1, 0.15) is 23.2 Å². The molecule has 0 unspecified atom stereocenters. The molecule has 20 heavy (non-hydrogen) atoms. The Morgan fingerprint density at radius 2 is 2.05 bits per heavy atom. The zero-order chi connectivity index (χ0) is 14.9. The molecule has 0 saturated heterocycles. The Kier molecular flexibility index (Phi) is 4.33. The molecule has 0 aromatic heterocycles. The molecule has 1 aromatic rings. The van der Waals surface area contributed by atoms with Crippen molar-refractivity contribution in [1.29, 1.82) is 0 Å². The fourth-order valence-corrected chi connectivity index (χ4v) is 3.83. The Balaban J connectivity index is 2.42. The van der Waals surface area contributed by atoms with E-state index in [0.29, 0.717) is 0 Å². The topological polar surface area (TPSA) is 94.9 Å². The summed E-state index contributed by atoms with van der Waals surface area (Å²) in [6.07, 6.45) is 1.50. The lowest BCUT2D eigenvalue weighted by atomic mass is 10.2. The van der Waals surface area contributed by atoms with Gasteiger partial charge in [-0.3, -0.25) is 0 Å². The number of carboxylic acids is 1. The van der Waals surface area contributed by atoms with Crippen LogP contribution in [-0.4, -0.2) is 48.1 Å². The molecule has 2 N–H and O–H groups in total. The lowest BCUT2D eigenvalue weighted by Crippen LogP contribution is -2.35. The highest BCUT2D eigenvalue weighted by molar-refractivity contribution is 7.89. The van der Waals surface area contributed by atoms with Crippen molar-refractivity contribution in [3.8, 4) is 0 Å². The monoisotopic (exact) mass is 319 g/mol. The molecule has 0 atom stereocenters. The number of benzene rings is 1. The molecule has 1 fully saturated rings. The Morgan fingerprint density at radius 3 is 2.55 bits per heavy atom. The minimum atomic E-state index is -3.82. The summed E-state index contributed by atoms with van der Waals surface area (Å²) in [6, 6.07) is 3.46. The van der Waals surface area contributed by atoms with Crippen molar-refractivity contribution >= 4 is 27.6 Å². The van der Waals surface area contributed by atoms with Gasteiger partial charge in [0.2, 0.25) is 10.0 Å². The number of halogens is 1. The molecule has 1 aliphatic rings. The van der Waals surface area contributed by atoms with Crippen molar-refractivity contribution in [2.24, 2.45) is 0 Å². The average molecular weight is 320 g/mol. The summed E-state index contributed by atoms with van der Waals surface area (Å²) in [6.45, 7) is -0.285. The molecular weight excluding hydrogens is 306 g/mol. The van der Waals surface area contributed by atoms with Gasteiger partial charge in [-0.1, -0.05) is 11.6 Å². The fourth-order valence-electron chi connectivity index (χ4n) is 1.92. The number of rotatable bonds is 6. The minimum absolute atomic E-state index is 0.00195. The Morgan fingerprint density at radius 1 is 1.40 bits per heavy atom. The quantitative estimate of drug-likeness (QED) is 0.821. The van der Waals surface area contributed by atoms with Gasteiger partial charge >= 0.3 is 5.97 Å². The van der Waals surface area contributed by atoms with Crippen LogP contribution in [0, 0.1) is 0 Å². The third-order valence-corrected chi connectivity index (χ3v) is 5.33. The third-order valence-electron chi connectivity index (χ3n) is 3.05. The molecular formula is C12H14ClNO5S. The first kappa shape index (κ1) is 15.2. The lowest BCUT2D eigenvalue weighted by molar-refractivity contribution is 0.0697. The second kappa shape index (κ2) is 5.69. The van der Waals surface area contributed by atoms with Crippen LogP contribution in [0.15, 0.2) is 23.1 Å². The van der Waals surface area contributed by atoms with Gasteiger partial charge in [0.1, 0.15) is 0 Å². The first-order chi connectivity index (χ1) is 9.37. The molecule has 8 heteroatoms. The van der Waals surface area contributed by atoms with Crippen molar-refractivity contribution in [3.05, 3.63) is 28.8 Å². The molecule has 0 spiro atoms. The third kappa shape index (κ3) is 2.95. The van der Waals surface area contributed by atoms with Gasteiger partial charge in [0, 0.05) is 12.6 Å². The van der Waals surface area contributed by atoms with Gasteiger partial charge < -0.3 is 10.2 Å². The predicted octanol–water partition coefficient (Wildman–Crippen LogP) is 1.18. The van der Waals surface area contributed by atoms with Crippen molar-refractivity contribution < 1.29 is 23.4 Å². The normalized spacial score (nSPS) is 15.6. The highest BCUT2D eigenvalue weighted by Gasteiger charge is 2.37. The molecule has 6 nitrogen and oxygen atoms in total. The van der Waals surface area contributed by atoms with E-state index >= 15 is 0 Å². The molecule has 0 amide bonds. The van der Waals surface area contributed by atoms with E-state index in [2.05, 4.69) is 0 Å². The summed E-state index contributed by atoms with van der Waals surface area (Å²) in [5.74, 6) is -1.29. The van der Waals surface area contributed by atoms with Crippen molar-refractivity contribution in [3.63, 3.8) is 0 Å². The van der Waals surface area contributed by atoms with Gasteiger partial charge in [-0.25, -0.2) is 13.2 Å². The molecule has 0 bridgehead atoms. The number of carboxylic acid groups (broad SMARTS) is 1. The van der Waals surface area contributed by atoms with Gasteiger partial charge in [-0.15, -0.1) is 0 Å². The number of nitrogens with zero attached hydrogens (tertiary/aromatic N) is 1. The van der Waals surface area contributed by atoms with Gasteiger partial charge in [-0.2, -0.15) is 4.31 Å². The second-order valence-corrected chi connectivity index (χ2v) is 6.82. The maximum Gasteiger partial charge on any atom is 0.337 e. The lowest BCUT2D eigenvalue weighted by Gasteiger charge is -2.21. The van der Waals surface area contributed by atoms with Crippen LogP contribution >= 0.6 is 11.6 Å². The van der Waals surface area contributed by atoms with Crippen molar-refractivity contribution in [2.45, 2.75) is 23.8 Å². The van der Waals surface area contributed by atoms with Crippen LogP contribution in [0.2, 0.25) is 5.02 Å². The predicted molar refractivity (Wildman–Crippen MR) is 72.4 cm³/mol. The summed E-state index contributed by atoms with van der Waals surface area (Å²) in [5.41, 5.74) is -0.257. The number of aromatic carboxylic acids is 1. The molecule has 1 aromatic carbocycles. The van der Waals surface area contributed by atoms with E-state index in [4.69, 9.17) is 21.8 Å². The van der Waals surface area contributed by atoms with E-state index in [1.807, 2.05) is 0 Å². The van der Waals surface area contributed by atoms with Crippen LogP contribution in [0.5, 0.6) is 0 Å². The van der Waals surface area contributed by atoms with E-state index in [9.17, 15) is 13.2 Å². The smallest absolute Gasteiger partial charge is 0.337 e. The number of aliphatic hydroxyl groups excluding tert-OH is 1. The molecule has 0 heterocycles. The summed E-state index contributed by atoms with van der Waals surface area (Å²) in [4.78, 5) is 10.9. The van der Waals surface area contributed by atoms with Crippen LogP contribution in [0.4, 0.5) is 0 Å². The molecule has 2 rings (SSSR count). The van der Waals surface area contributed by atoms with Gasteiger partial charge in [-0.05, 0) is 31.0 Å². The first-order valence-electron chi connectivity index (χ1n) is 6.03. The Bertz CT molecular complexity index is 627. The maximum atomic E-state index is 12.5. The summed E-state index contributed by atoms with van der Waals surface area (Å²) >= 11 is 5.73. The zero-order valence-electron chi connectivity index (χ0n) is 10.5. The number of hydrogen-bond donors (Lipinski definition) is 2. The molecule has 110 valence electrons. The average Bonchev–Trinajstić information content (AvgIpc) is 3.19. The maximum absolute atomic E-state index is 12.5. The van der Waals surface area contributed by atoms with Gasteiger partial charge in [0.05, 0.1) is 22.1 Å². The largest absolute Gasteiger partial charge is 0.478 e. The van der Waals surface area contributed by atoms with Crippen molar-refractivity contribution in [2.75, 3.05) is 13.2 Å². The van der Waals surface area contributed by atoms with Crippen LogP contribution in [-0.2, 0) is 10.0 Å². The first-order valence-corrected chi connectivity index (χ1v) is 7.85. The molecule has 1 saturated carbocycles. The number of carbonyl (C=O) groups is 1. The minimum Gasteiger partial charge on any atom is -0.478 e. The molecule has 0 radical (unpaired) electrons. The van der Waals surface area contributed by atoms with Crippen LogP contribution < -0.4 is 0 Å². The Labute approximate surface area is 121 Å². The van der Waals surface area contributed by atoms with Gasteiger partial charge in [0.25, 0.3) is 0 Å². The van der Waals surface area contributed by atoms with E-state index in [0.717, 1.165) is 18.9 Å². The highest BCUT2D eigenvalue weighted by atomic mass is 35.5. The Hall–Kier alpha value is -1.15. The highest BCUT2D eigenvalue weighted by Crippen LogP contribution is 2.32. The van der Waals surface area contributed by atoms with E-state index in [-0.39, 0.29) is 34.7 Å². The standard InChI is InChI=1S/C12H14ClNO5S/c13-11-4-3-9(7-10(11)12(16)17)20(18,19)14(5-6-15)8-1-2-8/h3-4,7-8,15H,1-2,5-6H2,(H,16,17). The molecule has 0 aliphatic heterocycles. The van der Waals surface area contributed by atoms with E-state index in [1.165, 1.54) is 16.4 Å². The summed E-state index contributed by atoms with van der Waals surface area (Å²) in [5, 5.41) is 18.0. The SMILES string of the molecule is O=C(O)c1cc(S(=O)(=O)N(CCO)C2CC2)ccc1Cl. The van der Waals surface area contributed by atoms with Crippen LogP contribution in [0.3, 0.4) is 0 Å². The summed E-state index contributed by atoms with van der Waals surface area (Å²) in [7, 11) is -3.82. The zero-order valence-corrected chi connectivity index (χ0v) is 12.1. The van der Waals surface area contributed by atoms with E-state index in [1.54, 1.807) is 0 Å². The van der Waals surface area contributed by atoms with E-state index < -0.39 is 16.0 Å². The van der Waals surface area contributed by atoms with Gasteiger partial charge in [0.15, 0.2) is 0 Å². The number of sulfonamides is 1. The van der Waals surface area contributed by atoms with Crippen LogP contribution in [0.25, 0.3) is 0 Å².